The molecule has 0 aliphatic carbocycles. The van der Waals surface area contributed by atoms with Gasteiger partial charge in [-0.15, -0.1) is 12.4 Å². The molecule has 1 N–H and O–H groups in total. The zero-order chi connectivity index (χ0) is 23.0. The van der Waals surface area contributed by atoms with E-state index < -0.39 is 17.8 Å². The molecular weight excluding hydrogens is 465 g/mol. The minimum Gasteiger partial charge on any atom is -0.454 e. The van der Waals surface area contributed by atoms with E-state index in [1.54, 1.807) is 24.3 Å². The molecule has 1 unspecified atom stereocenters. The summed E-state index contributed by atoms with van der Waals surface area (Å²) >= 11 is 0. The summed E-state index contributed by atoms with van der Waals surface area (Å²) < 4.78 is 45.8. The average molecular weight is 489 g/mol. The smallest absolute Gasteiger partial charge is 0.416 e. The first kappa shape index (κ1) is 24.1. The number of piperazine rings is 1. The Labute approximate surface area is 202 Å². The number of fused-ring (bicyclic) bond motifs is 1. The summed E-state index contributed by atoms with van der Waals surface area (Å²) in [6.07, 6.45) is -4.67. The lowest BCUT2D eigenvalue weighted by Gasteiger charge is -2.29. The molecule has 34 heavy (non-hydrogen) atoms. The van der Waals surface area contributed by atoms with Crippen LogP contribution in [0.2, 0.25) is 0 Å². The zero-order valence-electron chi connectivity index (χ0n) is 18.3. The van der Waals surface area contributed by atoms with Crippen molar-refractivity contribution in [3.8, 4) is 11.1 Å². The Balaban J connectivity index is 0.00000274. The van der Waals surface area contributed by atoms with Gasteiger partial charge in [0.05, 0.1) is 11.1 Å². The van der Waals surface area contributed by atoms with E-state index in [1.807, 2.05) is 24.3 Å². The van der Waals surface area contributed by atoms with E-state index in [0.29, 0.717) is 28.7 Å². The van der Waals surface area contributed by atoms with E-state index >= 15 is 0 Å². The van der Waals surface area contributed by atoms with Crippen molar-refractivity contribution in [3.63, 3.8) is 0 Å². The molecule has 0 amide bonds. The van der Waals surface area contributed by atoms with Gasteiger partial charge in [0, 0.05) is 43.9 Å². The van der Waals surface area contributed by atoms with Crippen LogP contribution in [0.4, 0.5) is 18.9 Å². The third-order valence-corrected chi connectivity index (χ3v) is 6.26. The van der Waals surface area contributed by atoms with Crippen LogP contribution in [0.15, 0.2) is 66.7 Å². The predicted octanol–water partition coefficient (Wildman–Crippen LogP) is 5.66. The van der Waals surface area contributed by atoms with Crippen molar-refractivity contribution in [1.82, 2.24) is 5.32 Å². The molecule has 0 radical (unpaired) electrons. The highest BCUT2D eigenvalue weighted by atomic mass is 35.5. The number of halogens is 4. The van der Waals surface area contributed by atoms with Gasteiger partial charge in [0.15, 0.2) is 0 Å². The van der Waals surface area contributed by atoms with Crippen molar-refractivity contribution in [1.29, 1.82) is 0 Å². The van der Waals surface area contributed by atoms with E-state index in [-0.39, 0.29) is 18.4 Å². The first-order chi connectivity index (χ1) is 15.9. The lowest BCUT2D eigenvalue weighted by atomic mass is 9.91. The maximum Gasteiger partial charge on any atom is 0.416 e. The number of alkyl halides is 3. The normalized spacial score (nSPS) is 17.7. The SMILES string of the molecule is Cl.O=C1OC(Cc2ccc(C(F)(F)F)cc2-c2ccccc2)c2ccc(N3CCNCC3)cc21. The molecule has 4 nitrogen and oxygen atoms in total. The summed E-state index contributed by atoms with van der Waals surface area (Å²) in [5.41, 5.74) is 3.47. The Morgan fingerprint density at radius 1 is 0.941 bits per heavy atom. The number of cyclic esters (lactones) is 1. The number of ether oxygens (including phenoxy) is 1. The maximum absolute atomic E-state index is 13.4. The van der Waals surface area contributed by atoms with Gasteiger partial charge >= 0.3 is 12.1 Å². The monoisotopic (exact) mass is 488 g/mol. The average Bonchev–Trinajstić information content (AvgIpc) is 3.14. The van der Waals surface area contributed by atoms with Crippen LogP contribution in [0, 0.1) is 0 Å². The molecule has 0 bridgehead atoms. The molecule has 0 saturated carbocycles. The molecule has 178 valence electrons. The van der Waals surface area contributed by atoms with Crippen molar-refractivity contribution >= 4 is 24.1 Å². The van der Waals surface area contributed by atoms with Crippen LogP contribution in [-0.4, -0.2) is 32.1 Å². The number of nitrogens with one attached hydrogen (secondary N) is 1. The van der Waals surface area contributed by atoms with Crippen molar-refractivity contribution < 1.29 is 22.7 Å². The van der Waals surface area contributed by atoms with Crippen LogP contribution in [0.5, 0.6) is 0 Å². The summed E-state index contributed by atoms with van der Waals surface area (Å²) in [7, 11) is 0. The van der Waals surface area contributed by atoms with E-state index in [4.69, 9.17) is 4.74 Å². The molecule has 0 spiro atoms. The standard InChI is InChI=1S/C26H23F3N2O2.ClH/c27-26(28,29)19-7-6-18(22(15-19)17-4-2-1-3-5-17)14-24-21-9-8-20(16-23(21)25(32)33-24)31-12-10-30-11-13-31;/h1-9,15-16,24,30H,10-14H2;1H. The second-order valence-electron chi connectivity index (χ2n) is 8.34. The Morgan fingerprint density at radius 2 is 1.68 bits per heavy atom. The number of nitrogens with zero attached hydrogens (tertiary/aromatic N) is 1. The van der Waals surface area contributed by atoms with Gasteiger partial charge in [0.2, 0.25) is 0 Å². The summed E-state index contributed by atoms with van der Waals surface area (Å²) in [5, 5.41) is 3.31. The van der Waals surface area contributed by atoms with Gasteiger partial charge in [-0.1, -0.05) is 42.5 Å². The third kappa shape index (κ3) is 4.76. The molecule has 0 aromatic heterocycles. The van der Waals surface area contributed by atoms with E-state index in [2.05, 4.69) is 10.2 Å². The van der Waals surface area contributed by atoms with Crippen LogP contribution in [0.1, 0.15) is 33.2 Å². The molecule has 8 heteroatoms. The predicted molar refractivity (Wildman–Crippen MR) is 128 cm³/mol. The molecular formula is C26H24ClF3N2O2. The van der Waals surface area contributed by atoms with Gasteiger partial charge in [-0.25, -0.2) is 4.79 Å². The number of benzene rings is 3. The molecule has 2 heterocycles. The number of anilines is 1. The first-order valence-electron chi connectivity index (χ1n) is 11.0. The fraction of sp³-hybridized carbons (Fsp3) is 0.269. The second-order valence-corrected chi connectivity index (χ2v) is 8.34. The van der Waals surface area contributed by atoms with E-state index in [9.17, 15) is 18.0 Å². The molecule has 3 aromatic rings. The van der Waals surface area contributed by atoms with Crippen molar-refractivity contribution in [3.05, 3.63) is 89.0 Å². The largest absolute Gasteiger partial charge is 0.454 e. The van der Waals surface area contributed by atoms with Crippen LogP contribution in [0.25, 0.3) is 11.1 Å². The highest BCUT2D eigenvalue weighted by Crippen LogP contribution is 2.39. The zero-order valence-corrected chi connectivity index (χ0v) is 19.1. The Kier molecular flexibility index (Phi) is 6.86. The molecule has 1 atom stereocenters. The highest BCUT2D eigenvalue weighted by Gasteiger charge is 2.34. The lowest BCUT2D eigenvalue weighted by Crippen LogP contribution is -2.43. The third-order valence-electron chi connectivity index (χ3n) is 6.26. The number of hydrogen-bond acceptors (Lipinski definition) is 4. The second kappa shape index (κ2) is 9.68. The summed E-state index contributed by atoms with van der Waals surface area (Å²) in [4.78, 5) is 14.9. The minimum atomic E-state index is -4.44. The van der Waals surface area contributed by atoms with Gasteiger partial charge in [0.25, 0.3) is 0 Å². The van der Waals surface area contributed by atoms with E-state index in [1.165, 1.54) is 12.1 Å². The Morgan fingerprint density at radius 3 is 2.38 bits per heavy atom. The van der Waals surface area contributed by atoms with E-state index in [0.717, 1.165) is 43.5 Å². The van der Waals surface area contributed by atoms with Crippen molar-refractivity contribution in [2.45, 2.75) is 18.7 Å². The number of esters is 1. The molecule has 1 fully saturated rings. The molecule has 5 rings (SSSR count). The van der Waals surface area contributed by atoms with Gasteiger partial charge < -0.3 is 15.0 Å². The van der Waals surface area contributed by atoms with Crippen LogP contribution >= 0.6 is 12.4 Å². The number of carbonyl (C=O) groups is 1. The first-order valence-corrected chi connectivity index (χ1v) is 11.0. The number of hydrogen-bond donors (Lipinski definition) is 1. The van der Waals surface area contributed by atoms with Gasteiger partial charge in [-0.05, 0) is 41.0 Å². The molecule has 1 saturated heterocycles. The lowest BCUT2D eigenvalue weighted by molar-refractivity contribution is -0.137. The molecule has 2 aliphatic rings. The van der Waals surface area contributed by atoms with Crippen LogP contribution < -0.4 is 10.2 Å². The fourth-order valence-electron chi connectivity index (χ4n) is 4.55. The van der Waals surface area contributed by atoms with Crippen LogP contribution in [-0.2, 0) is 17.3 Å². The quantitative estimate of drug-likeness (QED) is 0.481. The van der Waals surface area contributed by atoms with Gasteiger partial charge in [0.1, 0.15) is 6.10 Å². The van der Waals surface area contributed by atoms with Gasteiger partial charge in [-0.2, -0.15) is 13.2 Å². The summed E-state index contributed by atoms with van der Waals surface area (Å²) in [5.74, 6) is -0.389. The Bertz CT molecular complexity index is 1180. The van der Waals surface area contributed by atoms with Crippen LogP contribution in [0.3, 0.4) is 0 Å². The summed E-state index contributed by atoms with van der Waals surface area (Å²) in [6.45, 7) is 3.51. The molecule has 3 aromatic carbocycles. The fourth-order valence-corrected chi connectivity index (χ4v) is 4.55. The minimum absolute atomic E-state index is 0. The topological polar surface area (TPSA) is 41.6 Å². The van der Waals surface area contributed by atoms with Crippen molar-refractivity contribution in [2.75, 3.05) is 31.1 Å². The maximum atomic E-state index is 13.4. The number of rotatable bonds is 4. The van der Waals surface area contributed by atoms with Gasteiger partial charge in [-0.3, -0.25) is 0 Å². The summed E-state index contributed by atoms with van der Waals surface area (Å²) in [6, 6.07) is 18.5. The highest BCUT2D eigenvalue weighted by molar-refractivity contribution is 5.95. The van der Waals surface area contributed by atoms with Crippen molar-refractivity contribution in [2.24, 2.45) is 0 Å². The number of carbonyl (C=O) groups excluding carboxylic acids is 1. The Hall–Kier alpha value is -3.03. The molecule has 2 aliphatic heterocycles.